The van der Waals surface area contributed by atoms with Crippen LogP contribution >= 0.6 is 0 Å². The minimum Gasteiger partial charge on any atom is -0.493 e. The molecular weight excluding hydrogens is 394 g/mol. The highest BCUT2D eigenvalue weighted by atomic mass is 16.5. The minimum atomic E-state index is -0.386. The molecule has 2 atom stereocenters. The molecule has 2 fully saturated rings. The average Bonchev–Trinajstić information content (AvgIpc) is 3.15. The zero-order chi connectivity index (χ0) is 21.8. The Morgan fingerprint density at radius 2 is 2.03 bits per heavy atom. The van der Waals surface area contributed by atoms with Crippen LogP contribution in [0.2, 0.25) is 0 Å². The number of anilines is 1. The van der Waals surface area contributed by atoms with E-state index in [0.717, 1.165) is 49.4 Å². The van der Waals surface area contributed by atoms with Crippen molar-refractivity contribution in [3.63, 3.8) is 0 Å². The second-order valence-corrected chi connectivity index (χ2v) is 8.14. The zero-order valence-electron chi connectivity index (χ0n) is 18.2. The Morgan fingerprint density at radius 3 is 2.77 bits per heavy atom. The van der Waals surface area contributed by atoms with Crippen molar-refractivity contribution in [2.75, 3.05) is 33.1 Å². The first-order chi connectivity index (χ1) is 15.1. The van der Waals surface area contributed by atoms with Crippen molar-refractivity contribution < 1.29 is 14.3 Å². The van der Waals surface area contributed by atoms with Gasteiger partial charge in [0.05, 0.1) is 14.2 Å². The first-order valence-corrected chi connectivity index (χ1v) is 10.5. The maximum Gasteiger partial charge on any atom is 0.340 e. The van der Waals surface area contributed by atoms with E-state index in [-0.39, 0.29) is 11.4 Å². The summed E-state index contributed by atoms with van der Waals surface area (Å²) in [5, 5.41) is 7.10. The summed E-state index contributed by atoms with van der Waals surface area (Å²) < 4.78 is 11.0. The van der Waals surface area contributed by atoms with Crippen LogP contribution in [0.3, 0.4) is 0 Å². The molecule has 0 bridgehead atoms. The molecule has 31 heavy (non-hydrogen) atoms. The van der Waals surface area contributed by atoms with Crippen molar-refractivity contribution in [3.8, 4) is 11.5 Å². The number of fused-ring (bicyclic) bond motifs is 1. The van der Waals surface area contributed by atoms with Crippen LogP contribution in [0.25, 0.3) is 0 Å². The fourth-order valence-electron chi connectivity index (χ4n) is 4.89. The predicted molar refractivity (Wildman–Crippen MR) is 120 cm³/mol. The number of pyridine rings is 1. The van der Waals surface area contributed by atoms with Crippen LogP contribution < -0.4 is 20.2 Å². The fourth-order valence-corrected chi connectivity index (χ4v) is 4.89. The molecule has 1 aromatic heterocycles. The van der Waals surface area contributed by atoms with Crippen molar-refractivity contribution >= 4 is 17.6 Å². The molecule has 4 rings (SSSR count). The highest BCUT2D eigenvalue weighted by molar-refractivity contribution is 5.91. The number of nitrogens with one attached hydrogen (secondary N) is 2. The number of likely N-dealkylation sites (N-methyl/N-ethyl adjacent to an activating group) is 1. The number of benzene rings is 1. The maximum absolute atomic E-state index is 12.2. The maximum atomic E-state index is 12.2. The number of carbonyl (C=O) groups is 1. The average molecular weight is 424 g/mol. The van der Waals surface area contributed by atoms with Gasteiger partial charge in [0.15, 0.2) is 11.5 Å². The molecule has 2 heterocycles. The second-order valence-electron chi connectivity index (χ2n) is 8.14. The van der Waals surface area contributed by atoms with Gasteiger partial charge in [-0.05, 0) is 62.7 Å². The highest BCUT2D eigenvalue weighted by Crippen LogP contribution is 2.49. The Labute approximate surface area is 182 Å². The number of hydrogen-bond donors (Lipinski definition) is 2. The number of hydrazone groups is 1. The van der Waals surface area contributed by atoms with Gasteiger partial charge in [-0.25, -0.2) is 15.2 Å². The quantitative estimate of drug-likeness (QED) is 0.720. The normalized spacial score (nSPS) is 24.5. The Kier molecular flexibility index (Phi) is 6.08. The number of ether oxygens (including phenoxy) is 2. The number of likely N-dealkylation sites (tertiary alicyclic amines) is 1. The number of carbonyl (C=O) groups excluding carboxylic acids is 1. The summed E-state index contributed by atoms with van der Waals surface area (Å²) in [5.41, 5.74) is 4.95. The molecule has 1 aromatic carbocycles. The molecule has 2 N–H and O–H groups in total. The van der Waals surface area contributed by atoms with Crippen molar-refractivity contribution in [1.29, 1.82) is 0 Å². The number of nitrogens with zero attached hydrogens (tertiary/aromatic N) is 3. The smallest absolute Gasteiger partial charge is 0.340 e. The summed E-state index contributed by atoms with van der Waals surface area (Å²) in [6.07, 6.45) is 5.34. The van der Waals surface area contributed by atoms with Crippen LogP contribution in [0, 0.1) is 0 Å². The Balaban J connectivity index is 1.49. The van der Waals surface area contributed by atoms with Gasteiger partial charge in [-0.2, -0.15) is 5.10 Å². The third kappa shape index (κ3) is 4.20. The topological polar surface area (TPSA) is 88.1 Å². The third-order valence-corrected chi connectivity index (χ3v) is 6.55. The van der Waals surface area contributed by atoms with Gasteiger partial charge in [0, 0.05) is 29.8 Å². The molecule has 2 aliphatic rings. The van der Waals surface area contributed by atoms with Crippen molar-refractivity contribution in [2.24, 2.45) is 5.10 Å². The molecule has 8 nitrogen and oxygen atoms in total. The van der Waals surface area contributed by atoms with Crippen LogP contribution in [0.15, 0.2) is 47.7 Å². The van der Waals surface area contributed by atoms with Crippen molar-refractivity contribution in [1.82, 2.24) is 15.3 Å². The molecule has 1 aliphatic heterocycles. The van der Waals surface area contributed by atoms with Gasteiger partial charge >= 0.3 is 6.03 Å². The predicted octanol–water partition coefficient (Wildman–Crippen LogP) is 3.40. The lowest BCUT2D eigenvalue weighted by molar-refractivity contribution is 0.225. The summed E-state index contributed by atoms with van der Waals surface area (Å²) in [4.78, 5) is 18.6. The van der Waals surface area contributed by atoms with Crippen LogP contribution in [0.1, 0.15) is 31.2 Å². The molecule has 2 aromatic rings. The lowest BCUT2D eigenvalue weighted by Gasteiger charge is -2.42. The summed E-state index contributed by atoms with van der Waals surface area (Å²) in [6.45, 7) is 1.03. The molecule has 0 spiro atoms. The minimum absolute atomic E-state index is 0.0452. The lowest BCUT2D eigenvalue weighted by atomic mass is 9.65. The van der Waals surface area contributed by atoms with Gasteiger partial charge in [0.1, 0.15) is 5.82 Å². The Morgan fingerprint density at radius 1 is 1.19 bits per heavy atom. The Bertz CT molecular complexity index is 965. The summed E-state index contributed by atoms with van der Waals surface area (Å²) in [5.74, 6) is 1.99. The lowest BCUT2D eigenvalue weighted by Crippen LogP contribution is -2.46. The summed E-state index contributed by atoms with van der Waals surface area (Å²) >= 11 is 0. The number of methoxy groups -OCH3 is 2. The van der Waals surface area contributed by atoms with Gasteiger partial charge in [-0.1, -0.05) is 12.1 Å². The highest BCUT2D eigenvalue weighted by Gasteiger charge is 2.49. The van der Waals surface area contributed by atoms with E-state index in [1.54, 1.807) is 32.5 Å². The SMILES string of the molecule is COc1ccc(C23CC/C(=N/NC(=O)Nc4ccccn4)CC2N(C)CC3)cc1OC. The molecule has 2 unspecified atom stereocenters. The van der Waals surface area contributed by atoms with Crippen LogP contribution in [-0.4, -0.2) is 55.5 Å². The standard InChI is InChI=1S/C23H29N5O3/c1-28-13-11-23(16-7-8-18(30-2)19(14-16)31-3)10-9-17(15-20(23)28)26-27-22(29)25-21-6-4-5-12-24-21/h4-8,12,14,20H,9-11,13,15H2,1-3H3,(H2,24,25,27,29)/b26-17-. The molecule has 8 heteroatoms. The van der Waals surface area contributed by atoms with E-state index in [4.69, 9.17) is 9.47 Å². The number of hydrogen-bond acceptors (Lipinski definition) is 6. The van der Waals surface area contributed by atoms with Gasteiger partial charge in [0.25, 0.3) is 0 Å². The van der Waals surface area contributed by atoms with E-state index in [0.29, 0.717) is 11.9 Å². The molecular formula is C23H29N5O3. The van der Waals surface area contributed by atoms with Gasteiger partial charge in [0.2, 0.25) is 0 Å². The van der Waals surface area contributed by atoms with Crippen molar-refractivity contribution in [3.05, 3.63) is 48.2 Å². The van der Waals surface area contributed by atoms with Crippen LogP contribution in [0.5, 0.6) is 11.5 Å². The van der Waals surface area contributed by atoms with Crippen LogP contribution in [-0.2, 0) is 5.41 Å². The zero-order valence-corrected chi connectivity index (χ0v) is 18.2. The number of amides is 2. The van der Waals surface area contributed by atoms with E-state index in [1.165, 1.54) is 5.56 Å². The van der Waals surface area contributed by atoms with Gasteiger partial charge in [-0.15, -0.1) is 0 Å². The second kappa shape index (κ2) is 8.93. The fraction of sp³-hybridized carbons (Fsp3) is 0.435. The largest absolute Gasteiger partial charge is 0.493 e. The summed E-state index contributed by atoms with van der Waals surface area (Å²) in [7, 11) is 5.49. The van der Waals surface area contributed by atoms with E-state index >= 15 is 0 Å². The van der Waals surface area contributed by atoms with E-state index in [1.807, 2.05) is 12.1 Å². The van der Waals surface area contributed by atoms with E-state index < -0.39 is 0 Å². The monoisotopic (exact) mass is 423 g/mol. The van der Waals surface area contributed by atoms with Crippen LogP contribution in [0.4, 0.5) is 10.6 Å². The number of aromatic nitrogens is 1. The summed E-state index contributed by atoms with van der Waals surface area (Å²) in [6, 6.07) is 11.6. The number of rotatable bonds is 5. The molecule has 0 radical (unpaired) electrons. The first kappa shape index (κ1) is 21.1. The molecule has 164 valence electrons. The molecule has 2 amide bonds. The molecule has 1 saturated heterocycles. The first-order valence-electron chi connectivity index (χ1n) is 10.5. The number of urea groups is 1. The Hall–Kier alpha value is -3.13. The molecule has 1 saturated carbocycles. The van der Waals surface area contributed by atoms with E-state index in [9.17, 15) is 4.79 Å². The van der Waals surface area contributed by atoms with Crippen molar-refractivity contribution in [2.45, 2.75) is 37.1 Å². The van der Waals surface area contributed by atoms with Gasteiger partial charge < -0.3 is 14.4 Å². The van der Waals surface area contributed by atoms with E-state index in [2.05, 4.69) is 44.9 Å². The van der Waals surface area contributed by atoms with Gasteiger partial charge in [-0.3, -0.25) is 5.32 Å². The molecule has 1 aliphatic carbocycles. The third-order valence-electron chi connectivity index (χ3n) is 6.55.